The van der Waals surface area contributed by atoms with Gasteiger partial charge in [-0.2, -0.15) is 0 Å². The molecule has 0 bridgehead atoms. The van der Waals surface area contributed by atoms with Crippen LogP contribution >= 0.6 is 0 Å². The molecule has 350 valence electrons. The SMILES string of the molecule is C1CCC(C2CC(C3CCCCC3)NC(N3C4CCCCC4C4CC(C5CCC6C(C5)C5CCCCC5N6C5CC(C6CCCCC6)NC(C6CCCCC6)C5)CCC43)C2)CC1. The summed E-state index contributed by atoms with van der Waals surface area (Å²) < 4.78 is 0. The average Bonchev–Trinajstić information content (AvgIpc) is 3.87. The van der Waals surface area contributed by atoms with Gasteiger partial charge in [0.15, 0.2) is 0 Å². The first-order chi connectivity index (χ1) is 30.7. The van der Waals surface area contributed by atoms with Gasteiger partial charge in [0, 0.05) is 48.3 Å². The van der Waals surface area contributed by atoms with Crippen molar-refractivity contribution in [3.63, 3.8) is 0 Å². The van der Waals surface area contributed by atoms with Crippen LogP contribution in [0.1, 0.15) is 244 Å². The summed E-state index contributed by atoms with van der Waals surface area (Å²) in [5.74, 6) is 11.1. The molecule has 15 unspecified atom stereocenters. The lowest BCUT2D eigenvalue weighted by atomic mass is 9.62. The van der Waals surface area contributed by atoms with E-state index >= 15 is 0 Å². The molecule has 12 fully saturated rings. The standard InChI is InChI=1S/C58H98N4/c1-5-17-39(18-6-1)45-35-51(40-19-7-2-8-20-40)60-58(36-45)62-55-28-16-14-26-48(55)50-34-44(30-32-57(50)62)43-29-31-56-49(33-43)47-25-13-15-27-54(47)61(56)46-37-52(41-21-9-3-10-22-41)59-53(38-46)42-23-11-4-12-24-42/h39-60H,1-38H2. The summed E-state index contributed by atoms with van der Waals surface area (Å²) in [4.78, 5) is 6.75. The molecule has 12 aliphatic rings. The van der Waals surface area contributed by atoms with Gasteiger partial charge in [-0.05, 0) is 194 Å². The van der Waals surface area contributed by atoms with Crippen molar-refractivity contribution in [3.05, 3.63) is 0 Å². The number of nitrogens with one attached hydrogen (secondary N) is 2. The Morgan fingerprint density at radius 2 is 0.645 bits per heavy atom. The van der Waals surface area contributed by atoms with Gasteiger partial charge in [0.25, 0.3) is 0 Å². The molecule has 4 nitrogen and oxygen atoms in total. The van der Waals surface area contributed by atoms with Crippen LogP contribution in [0.15, 0.2) is 0 Å². The molecule has 2 N–H and O–H groups in total. The Hall–Kier alpha value is -0.160. The largest absolute Gasteiger partial charge is 0.311 e. The molecule has 0 aromatic carbocycles. The van der Waals surface area contributed by atoms with Crippen molar-refractivity contribution in [2.24, 2.45) is 65.1 Å². The van der Waals surface area contributed by atoms with E-state index in [1.165, 1.54) is 173 Å². The lowest BCUT2D eigenvalue weighted by molar-refractivity contribution is -0.00990. The maximum absolute atomic E-state index is 4.62. The smallest absolute Gasteiger partial charge is 0.0607 e. The Kier molecular flexibility index (Phi) is 13.5. The van der Waals surface area contributed by atoms with E-state index in [1.54, 1.807) is 70.6 Å². The van der Waals surface area contributed by atoms with Gasteiger partial charge in [-0.25, -0.2) is 0 Å². The first-order valence-corrected chi connectivity index (χ1v) is 29.8. The van der Waals surface area contributed by atoms with Crippen LogP contribution in [0, 0.1) is 65.1 Å². The number of rotatable bonds is 7. The highest BCUT2D eigenvalue weighted by Gasteiger charge is 2.58. The van der Waals surface area contributed by atoms with Gasteiger partial charge in [-0.15, -0.1) is 0 Å². The molecular formula is C58H98N4. The van der Waals surface area contributed by atoms with Crippen molar-refractivity contribution in [1.82, 2.24) is 20.4 Å². The normalized spacial score (nSPS) is 48.6. The minimum Gasteiger partial charge on any atom is -0.311 e. The lowest BCUT2D eigenvalue weighted by Gasteiger charge is -2.51. The minimum atomic E-state index is 0.688. The van der Waals surface area contributed by atoms with Gasteiger partial charge in [0.2, 0.25) is 0 Å². The summed E-state index contributed by atoms with van der Waals surface area (Å²) in [6.45, 7) is 0. The molecule has 4 aliphatic heterocycles. The van der Waals surface area contributed by atoms with Crippen LogP contribution in [-0.4, -0.2) is 64.3 Å². The van der Waals surface area contributed by atoms with Crippen molar-refractivity contribution in [2.45, 2.75) is 298 Å². The van der Waals surface area contributed by atoms with Crippen molar-refractivity contribution < 1.29 is 0 Å². The topological polar surface area (TPSA) is 30.5 Å². The molecule has 0 spiro atoms. The van der Waals surface area contributed by atoms with E-state index in [9.17, 15) is 0 Å². The monoisotopic (exact) mass is 851 g/mol. The highest BCUT2D eigenvalue weighted by atomic mass is 15.3. The molecule has 15 atom stereocenters. The summed E-state index contributed by atoms with van der Waals surface area (Å²) in [7, 11) is 0. The molecule has 0 aromatic heterocycles. The summed E-state index contributed by atoms with van der Waals surface area (Å²) in [6, 6.07) is 6.95. The van der Waals surface area contributed by atoms with E-state index in [2.05, 4.69) is 20.4 Å². The molecule has 4 heteroatoms. The summed E-state index contributed by atoms with van der Waals surface area (Å²) >= 11 is 0. The summed E-state index contributed by atoms with van der Waals surface area (Å²) in [5.41, 5.74) is 0. The van der Waals surface area contributed by atoms with E-state index in [1.807, 2.05) is 0 Å². The molecule has 4 saturated heterocycles. The molecular weight excluding hydrogens is 753 g/mol. The molecule has 8 aliphatic carbocycles. The average molecular weight is 851 g/mol. The Morgan fingerprint density at radius 1 is 0.242 bits per heavy atom. The molecule has 0 amide bonds. The van der Waals surface area contributed by atoms with Gasteiger partial charge < -0.3 is 5.32 Å². The highest BCUT2D eigenvalue weighted by molar-refractivity contribution is 5.11. The second-order valence-corrected chi connectivity index (χ2v) is 26.2. The van der Waals surface area contributed by atoms with E-state index in [-0.39, 0.29) is 0 Å². The van der Waals surface area contributed by atoms with Crippen LogP contribution in [0.4, 0.5) is 0 Å². The highest BCUT2D eigenvalue weighted by Crippen LogP contribution is 2.58. The van der Waals surface area contributed by atoms with Crippen LogP contribution in [0.25, 0.3) is 0 Å². The van der Waals surface area contributed by atoms with Gasteiger partial charge in [0.1, 0.15) is 0 Å². The molecule has 0 radical (unpaired) electrons. The predicted octanol–water partition coefficient (Wildman–Crippen LogP) is 13.8. The zero-order valence-electron chi connectivity index (χ0n) is 40.3. The third-order valence-corrected chi connectivity index (χ3v) is 23.4. The summed E-state index contributed by atoms with van der Waals surface area (Å²) in [6.07, 6.45) is 58.8. The van der Waals surface area contributed by atoms with Gasteiger partial charge in [0.05, 0.1) is 6.17 Å². The number of hydrogen-bond acceptors (Lipinski definition) is 4. The number of piperidine rings is 2. The Labute approximate surface area is 382 Å². The first-order valence-electron chi connectivity index (χ1n) is 29.8. The number of hydrogen-bond donors (Lipinski definition) is 2. The van der Waals surface area contributed by atoms with Gasteiger partial charge >= 0.3 is 0 Å². The predicted molar refractivity (Wildman–Crippen MR) is 258 cm³/mol. The quantitative estimate of drug-likeness (QED) is 0.267. The van der Waals surface area contributed by atoms with Crippen LogP contribution in [0.2, 0.25) is 0 Å². The molecule has 12 rings (SSSR count). The lowest BCUT2D eigenvalue weighted by Crippen LogP contribution is -2.61. The van der Waals surface area contributed by atoms with Crippen LogP contribution in [0.5, 0.6) is 0 Å². The second-order valence-electron chi connectivity index (χ2n) is 26.2. The van der Waals surface area contributed by atoms with E-state index in [0.717, 1.165) is 113 Å². The van der Waals surface area contributed by atoms with E-state index < -0.39 is 0 Å². The Balaban J connectivity index is 0.755. The zero-order valence-corrected chi connectivity index (χ0v) is 40.3. The second kappa shape index (κ2) is 19.4. The Morgan fingerprint density at radius 3 is 1.16 bits per heavy atom. The van der Waals surface area contributed by atoms with E-state index in [4.69, 9.17) is 0 Å². The van der Waals surface area contributed by atoms with E-state index in [0.29, 0.717) is 6.17 Å². The zero-order chi connectivity index (χ0) is 41.0. The fraction of sp³-hybridized carbons (Fsp3) is 1.00. The molecule has 4 heterocycles. The van der Waals surface area contributed by atoms with Crippen LogP contribution < -0.4 is 10.6 Å². The third-order valence-electron chi connectivity index (χ3n) is 23.4. The molecule has 8 saturated carbocycles. The van der Waals surface area contributed by atoms with Crippen molar-refractivity contribution in [1.29, 1.82) is 0 Å². The third kappa shape index (κ3) is 8.53. The Bertz CT molecular complexity index is 1270. The fourth-order valence-corrected chi connectivity index (χ4v) is 20.7. The summed E-state index contributed by atoms with van der Waals surface area (Å²) in [5, 5.41) is 9.12. The maximum atomic E-state index is 4.62. The molecule has 62 heavy (non-hydrogen) atoms. The first kappa shape index (κ1) is 43.1. The number of likely N-dealkylation sites (tertiary alicyclic amines) is 2. The van der Waals surface area contributed by atoms with Crippen molar-refractivity contribution in [2.75, 3.05) is 0 Å². The van der Waals surface area contributed by atoms with Crippen LogP contribution in [-0.2, 0) is 0 Å². The maximum Gasteiger partial charge on any atom is 0.0607 e. The van der Waals surface area contributed by atoms with Crippen molar-refractivity contribution in [3.8, 4) is 0 Å². The molecule has 0 aromatic rings. The van der Waals surface area contributed by atoms with Gasteiger partial charge in [-0.3, -0.25) is 15.1 Å². The minimum absolute atomic E-state index is 0.688. The fourth-order valence-electron chi connectivity index (χ4n) is 20.7. The van der Waals surface area contributed by atoms with Crippen molar-refractivity contribution >= 4 is 0 Å². The number of nitrogens with zero attached hydrogens (tertiary/aromatic N) is 2. The number of fused-ring (bicyclic) bond motifs is 6. The van der Waals surface area contributed by atoms with Gasteiger partial charge in [-0.1, -0.05) is 116 Å². The van der Waals surface area contributed by atoms with Crippen LogP contribution in [0.3, 0.4) is 0 Å².